The van der Waals surface area contributed by atoms with E-state index in [0.29, 0.717) is 18.0 Å². The Hall–Kier alpha value is -1.43. The van der Waals surface area contributed by atoms with Crippen LogP contribution in [0, 0.1) is 0 Å². The number of nitrogens with one attached hydrogen (secondary N) is 1. The van der Waals surface area contributed by atoms with Gasteiger partial charge in [-0.25, -0.2) is 0 Å². The second kappa shape index (κ2) is 10.4. The Morgan fingerprint density at radius 3 is 2.89 bits per heavy atom. The first-order valence-corrected chi connectivity index (χ1v) is 9.43. The van der Waals surface area contributed by atoms with E-state index in [-0.39, 0.29) is 29.7 Å². The zero-order valence-corrected chi connectivity index (χ0v) is 19.5. The lowest BCUT2D eigenvalue weighted by atomic mass is 10.0. The predicted molar refractivity (Wildman–Crippen MR) is 119 cm³/mol. The summed E-state index contributed by atoms with van der Waals surface area (Å²) in [5.41, 5.74) is 1.85. The third-order valence-electron chi connectivity index (χ3n) is 4.57. The maximum Gasteiger partial charge on any atom is 0.387 e. The Morgan fingerprint density at radius 1 is 1.46 bits per heavy atom. The zero-order valence-electron chi connectivity index (χ0n) is 15.6. The molecule has 0 amide bonds. The molecule has 28 heavy (non-hydrogen) atoms. The highest BCUT2D eigenvalue weighted by Gasteiger charge is 2.27. The molecule has 2 aromatic rings. The number of likely N-dealkylation sites (tertiary alicyclic amines) is 1. The van der Waals surface area contributed by atoms with Crippen LogP contribution in [0.25, 0.3) is 0 Å². The van der Waals surface area contributed by atoms with E-state index in [9.17, 15) is 8.78 Å². The molecule has 6 nitrogen and oxygen atoms in total. The number of alkyl halides is 2. The maximum atomic E-state index is 12.6. The van der Waals surface area contributed by atoms with Gasteiger partial charge >= 0.3 is 6.61 Å². The van der Waals surface area contributed by atoms with Gasteiger partial charge in [0, 0.05) is 55.9 Å². The van der Waals surface area contributed by atoms with Crippen molar-refractivity contribution in [2.45, 2.75) is 25.5 Å². The number of hydrogen-bond acceptors (Lipinski definition) is 3. The number of aliphatic imine (C=N–C) groups is 1. The summed E-state index contributed by atoms with van der Waals surface area (Å²) in [4.78, 5) is 6.51. The number of nitrogens with zero attached hydrogens (tertiary/aromatic N) is 4. The van der Waals surface area contributed by atoms with Gasteiger partial charge in [-0.1, -0.05) is 15.9 Å². The van der Waals surface area contributed by atoms with Crippen LogP contribution in [-0.4, -0.2) is 47.4 Å². The normalized spacial score (nSPS) is 17.0. The summed E-state index contributed by atoms with van der Waals surface area (Å²) in [6, 6.07) is 4.97. The van der Waals surface area contributed by atoms with E-state index < -0.39 is 6.61 Å². The molecule has 0 radical (unpaired) electrons. The molecule has 1 saturated heterocycles. The van der Waals surface area contributed by atoms with Gasteiger partial charge in [-0.2, -0.15) is 13.9 Å². The average Bonchev–Trinajstić information content (AvgIpc) is 3.26. The molecule has 1 unspecified atom stereocenters. The fraction of sp³-hybridized carbons (Fsp3) is 0.444. The van der Waals surface area contributed by atoms with Crippen molar-refractivity contribution in [3.05, 3.63) is 46.2 Å². The fourth-order valence-corrected chi connectivity index (χ4v) is 3.69. The summed E-state index contributed by atoms with van der Waals surface area (Å²) in [6.07, 6.45) is 4.96. The van der Waals surface area contributed by atoms with Crippen LogP contribution in [0.4, 0.5) is 8.78 Å². The van der Waals surface area contributed by atoms with Gasteiger partial charge in [-0.3, -0.25) is 9.67 Å². The number of halogens is 4. The number of hydrogen-bond donors (Lipinski definition) is 1. The minimum absolute atomic E-state index is 0. The van der Waals surface area contributed by atoms with E-state index in [0.717, 1.165) is 29.9 Å². The first-order valence-electron chi connectivity index (χ1n) is 8.63. The first-order chi connectivity index (χ1) is 13.0. The monoisotopic (exact) mass is 569 g/mol. The lowest BCUT2D eigenvalue weighted by Gasteiger charge is -2.22. The van der Waals surface area contributed by atoms with Crippen LogP contribution in [0.3, 0.4) is 0 Å². The first kappa shape index (κ1) is 22.9. The van der Waals surface area contributed by atoms with Crippen LogP contribution in [0.15, 0.2) is 40.1 Å². The number of aromatic nitrogens is 2. The van der Waals surface area contributed by atoms with E-state index in [1.165, 1.54) is 11.6 Å². The van der Waals surface area contributed by atoms with Gasteiger partial charge < -0.3 is 15.0 Å². The predicted octanol–water partition coefficient (Wildman–Crippen LogP) is 3.97. The van der Waals surface area contributed by atoms with Crippen molar-refractivity contribution in [2.75, 3.05) is 20.1 Å². The molecule has 0 saturated carbocycles. The summed E-state index contributed by atoms with van der Waals surface area (Å²) in [6.45, 7) is -0.812. The van der Waals surface area contributed by atoms with Crippen LogP contribution in [-0.2, 0) is 13.6 Å². The maximum absolute atomic E-state index is 12.6. The van der Waals surface area contributed by atoms with E-state index in [2.05, 4.69) is 41.0 Å². The average molecular weight is 570 g/mol. The van der Waals surface area contributed by atoms with Crippen molar-refractivity contribution in [3.63, 3.8) is 0 Å². The van der Waals surface area contributed by atoms with E-state index in [4.69, 9.17) is 0 Å². The minimum atomic E-state index is -2.86. The molecule has 1 atom stereocenters. The van der Waals surface area contributed by atoms with Crippen LogP contribution in [0.2, 0.25) is 0 Å². The lowest BCUT2D eigenvalue weighted by Crippen LogP contribution is -2.39. The van der Waals surface area contributed by atoms with Crippen LogP contribution >= 0.6 is 39.9 Å². The van der Waals surface area contributed by atoms with Crippen molar-refractivity contribution in [1.82, 2.24) is 20.0 Å². The minimum Gasteiger partial charge on any atom is -0.434 e. The SMILES string of the molecule is CN=C(NCc1cc(Br)ccc1OC(F)F)N1CCC(c2cnn(C)c2)C1.I. The van der Waals surface area contributed by atoms with Crippen molar-refractivity contribution in [1.29, 1.82) is 0 Å². The Labute approximate surface area is 188 Å². The third-order valence-corrected chi connectivity index (χ3v) is 5.06. The van der Waals surface area contributed by atoms with Crippen molar-refractivity contribution < 1.29 is 13.5 Å². The van der Waals surface area contributed by atoms with Gasteiger partial charge in [0.25, 0.3) is 0 Å². The van der Waals surface area contributed by atoms with Crippen LogP contribution in [0.1, 0.15) is 23.5 Å². The molecule has 1 fully saturated rings. The Bertz CT molecular complexity index is 817. The molecule has 1 aliphatic rings. The Balaban J connectivity index is 0.00000280. The topological polar surface area (TPSA) is 54.7 Å². The lowest BCUT2D eigenvalue weighted by molar-refractivity contribution is -0.0504. The molecule has 1 aliphatic heterocycles. The summed E-state index contributed by atoms with van der Waals surface area (Å²) in [7, 11) is 3.63. The van der Waals surface area contributed by atoms with Gasteiger partial charge in [-0.15, -0.1) is 24.0 Å². The second-order valence-corrected chi connectivity index (χ2v) is 7.33. The molecule has 3 rings (SSSR count). The Morgan fingerprint density at radius 2 is 2.25 bits per heavy atom. The Kier molecular flexibility index (Phi) is 8.47. The largest absolute Gasteiger partial charge is 0.434 e. The number of guanidine groups is 1. The fourth-order valence-electron chi connectivity index (χ4n) is 3.28. The standard InChI is InChI=1S/C18H22BrF2N5O.HI/c1-22-18(26-6-5-12(11-26)14-9-24-25(2)10-14)23-8-13-7-15(19)3-4-16(13)27-17(20)21;/h3-4,7,9-10,12,17H,5-6,8,11H2,1-2H3,(H,22,23);1H. The molecule has 0 bridgehead atoms. The van der Waals surface area contributed by atoms with Crippen molar-refractivity contribution in [3.8, 4) is 5.75 Å². The van der Waals surface area contributed by atoms with Gasteiger partial charge in [0.05, 0.1) is 6.20 Å². The summed E-state index contributed by atoms with van der Waals surface area (Å²) < 4.78 is 32.5. The van der Waals surface area contributed by atoms with E-state index >= 15 is 0 Å². The van der Waals surface area contributed by atoms with Crippen LogP contribution < -0.4 is 10.1 Å². The number of aryl methyl sites for hydroxylation is 1. The molecule has 154 valence electrons. The highest BCUT2D eigenvalue weighted by molar-refractivity contribution is 14.0. The molecule has 10 heteroatoms. The van der Waals surface area contributed by atoms with Gasteiger partial charge in [0.1, 0.15) is 5.75 Å². The van der Waals surface area contributed by atoms with Gasteiger partial charge in [0.15, 0.2) is 5.96 Å². The zero-order chi connectivity index (χ0) is 19.4. The molecule has 1 N–H and O–H groups in total. The number of ether oxygens (including phenoxy) is 1. The molecule has 0 spiro atoms. The van der Waals surface area contributed by atoms with E-state index in [1.807, 2.05) is 24.1 Å². The number of benzene rings is 1. The summed E-state index contributed by atoms with van der Waals surface area (Å²) in [5.74, 6) is 1.30. The number of rotatable bonds is 5. The molecular weight excluding hydrogens is 547 g/mol. The molecule has 0 aliphatic carbocycles. The summed E-state index contributed by atoms with van der Waals surface area (Å²) in [5, 5.41) is 7.50. The quantitative estimate of drug-likeness (QED) is 0.336. The molecule has 1 aromatic carbocycles. The second-order valence-electron chi connectivity index (χ2n) is 6.41. The highest BCUT2D eigenvalue weighted by atomic mass is 127. The van der Waals surface area contributed by atoms with Gasteiger partial charge in [0.2, 0.25) is 0 Å². The van der Waals surface area contributed by atoms with Crippen molar-refractivity contribution >= 4 is 45.9 Å². The van der Waals surface area contributed by atoms with Crippen LogP contribution in [0.5, 0.6) is 5.75 Å². The van der Waals surface area contributed by atoms with E-state index in [1.54, 1.807) is 19.2 Å². The highest BCUT2D eigenvalue weighted by Crippen LogP contribution is 2.27. The summed E-state index contributed by atoms with van der Waals surface area (Å²) >= 11 is 3.37. The third kappa shape index (κ3) is 5.79. The molecule has 2 heterocycles. The molecule has 1 aromatic heterocycles. The molecular formula is C18H23BrF2IN5O. The van der Waals surface area contributed by atoms with Gasteiger partial charge in [-0.05, 0) is 30.2 Å². The van der Waals surface area contributed by atoms with Crippen molar-refractivity contribution in [2.24, 2.45) is 12.0 Å². The smallest absolute Gasteiger partial charge is 0.387 e.